The van der Waals surface area contributed by atoms with Crippen molar-refractivity contribution in [3.63, 3.8) is 0 Å². The molecule has 3 aromatic carbocycles. The highest BCUT2D eigenvalue weighted by molar-refractivity contribution is 6.31. The van der Waals surface area contributed by atoms with E-state index in [4.69, 9.17) is 28.8 Å². The Morgan fingerprint density at radius 2 is 1.47 bits per heavy atom. The number of nitrogens with one attached hydrogen (secondary N) is 1. The average molecular weight is 842 g/mol. The molecule has 2 saturated heterocycles. The molecule has 11 N–H and O–H groups in total. The molecule has 11 atom stereocenters. The maximum absolute atomic E-state index is 14.1. The largest absolute Gasteiger partial charge is 0.507 e. The highest BCUT2D eigenvalue weighted by atomic mass is 16.7. The van der Waals surface area contributed by atoms with Crippen LogP contribution in [-0.2, 0) is 23.7 Å². The van der Waals surface area contributed by atoms with Crippen molar-refractivity contribution < 1.29 is 93.9 Å². The second-order valence-corrected chi connectivity index (χ2v) is 15.0. The van der Waals surface area contributed by atoms with E-state index in [1.165, 1.54) is 33.1 Å². The molecule has 0 radical (unpaired) electrons. The van der Waals surface area contributed by atoms with Gasteiger partial charge in [0.1, 0.15) is 71.8 Å². The number of carbonyl (C=O) groups is 4. The molecule has 20 heteroatoms. The van der Waals surface area contributed by atoms with Gasteiger partial charge in [0, 0.05) is 41.3 Å². The highest BCUT2D eigenvalue weighted by Crippen LogP contribution is 2.57. The Morgan fingerprint density at radius 1 is 0.800 bits per heavy atom. The molecule has 7 rings (SSSR count). The standard InChI is InChI=1S/C40H43NO19/c1-12-7-18-25(32(51)22(12)38(55)41-6-4-5-21(44)45)24-16(10-17-26(33(24)52)29(48)15-8-14(56-3)9-19(42)23(15)28(17)47)30(49)36(18)59-40-35(54)37(27(46)13(2)58-40)60-39-34(53)31(50)20(43)11-57-39/h7-10,13,20,27,30-31,34-37,39-40,42-43,46,49-54H,4-6,11H2,1-3H3,(H,41,55)(H,44,45)/t13-,20-,27+,30+,31+,34-,35-,36+,37+,39+,40+/m1/s1. The summed E-state index contributed by atoms with van der Waals surface area (Å²) in [6.07, 6.45) is -18.6. The molecule has 322 valence electrons. The summed E-state index contributed by atoms with van der Waals surface area (Å²) in [4.78, 5) is 52.7. The van der Waals surface area contributed by atoms with E-state index in [0.717, 1.165) is 12.1 Å². The molecule has 0 spiro atoms. The summed E-state index contributed by atoms with van der Waals surface area (Å²) in [7, 11) is 1.26. The molecule has 60 heavy (non-hydrogen) atoms. The number of ether oxygens (including phenoxy) is 5. The minimum Gasteiger partial charge on any atom is -0.507 e. The van der Waals surface area contributed by atoms with Gasteiger partial charge >= 0.3 is 5.97 Å². The third-order valence-electron chi connectivity index (χ3n) is 11.2. The van der Waals surface area contributed by atoms with Crippen LogP contribution in [0.4, 0.5) is 0 Å². The molecule has 4 aliphatic rings. The molecular formula is C40H43NO19. The number of aliphatic hydroxyl groups is 6. The van der Waals surface area contributed by atoms with Crippen LogP contribution in [0.2, 0.25) is 0 Å². The molecule has 2 aliphatic heterocycles. The van der Waals surface area contributed by atoms with Crippen molar-refractivity contribution in [3.05, 3.63) is 68.8 Å². The first-order valence-corrected chi connectivity index (χ1v) is 18.8. The Labute approximate surface area is 339 Å². The quantitative estimate of drug-likeness (QED) is 0.0901. The summed E-state index contributed by atoms with van der Waals surface area (Å²) < 4.78 is 28.2. The molecule has 1 amide bonds. The van der Waals surface area contributed by atoms with Crippen molar-refractivity contribution in [1.82, 2.24) is 5.32 Å². The first kappa shape index (κ1) is 42.8. The predicted octanol–water partition coefficient (Wildman–Crippen LogP) is -0.447. The van der Waals surface area contributed by atoms with E-state index < -0.39 is 132 Å². The monoisotopic (exact) mass is 841 g/mol. The second kappa shape index (κ2) is 16.3. The van der Waals surface area contributed by atoms with Crippen LogP contribution < -0.4 is 10.1 Å². The first-order valence-electron chi connectivity index (χ1n) is 18.8. The lowest BCUT2D eigenvalue weighted by atomic mass is 9.74. The van der Waals surface area contributed by atoms with Crippen molar-refractivity contribution in [2.24, 2.45) is 0 Å². The fourth-order valence-electron chi connectivity index (χ4n) is 8.08. The van der Waals surface area contributed by atoms with Gasteiger partial charge in [0.05, 0.1) is 36.5 Å². The molecule has 0 unspecified atom stereocenters. The van der Waals surface area contributed by atoms with Crippen LogP contribution in [0.15, 0.2) is 24.3 Å². The highest BCUT2D eigenvalue weighted by Gasteiger charge is 2.51. The van der Waals surface area contributed by atoms with E-state index in [9.17, 15) is 65.1 Å². The molecule has 2 fully saturated rings. The first-order chi connectivity index (χ1) is 28.4. The number of aliphatic carboxylic acids is 1. The fraction of sp³-hybridized carbons (Fsp3) is 0.450. The smallest absolute Gasteiger partial charge is 0.303 e. The third kappa shape index (κ3) is 7.13. The number of phenolic OH excluding ortho intramolecular Hbond substituents is 3. The Morgan fingerprint density at radius 3 is 2.15 bits per heavy atom. The number of phenols is 3. The average Bonchev–Trinajstić information content (AvgIpc) is 3.19. The second-order valence-electron chi connectivity index (χ2n) is 15.0. The van der Waals surface area contributed by atoms with Crippen LogP contribution in [0.3, 0.4) is 0 Å². The molecule has 2 heterocycles. The lowest BCUT2D eigenvalue weighted by Crippen LogP contribution is -2.62. The number of carbonyl (C=O) groups excluding carboxylic acids is 3. The van der Waals surface area contributed by atoms with E-state index in [0.29, 0.717) is 0 Å². The topological polar surface area (TPSA) is 329 Å². The van der Waals surface area contributed by atoms with Crippen LogP contribution in [0, 0.1) is 6.92 Å². The van der Waals surface area contributed by atoms with Gasteiger partial charge in [0.15, 0.2) is 24.1 Å². The number of hydrogen-bond acceptors (Lipinski definition) is 18. The van der Waals surface area contributed by atoms with Gasteiger partial charge in [0.25, 0.3) is 5.91 Å². The van der Waals surface area contributed by atoms with Crippen LogP contribution in [0.1, 0.15) is 90.9 Å². The number of carboxylic acid groups (broad SMARTS) is 1. The Hall–Kier alpha value is -5.26. The molecule has 2 aliphatic carbocycles. The number of benzene rings is 3. The Bertz CT molecular complexity index is 2260. The molecule has 20 nitrogen and oxygen atoms in total. The zero-order valence-electron chi connectivity index (χ0n) is 32.1. The lowest BCUT2D eigenvalue weighted by Gasteiger charge is -2.45. The van der Waals surface area contributed by atoms with Gasteiger partial charge in [-0.05, 0) is 49.1 Å². The minimum atomic E-state index is -1.94. The van der Waals surface area contributed by atoms with Crippen LogP contribution in [0.25, 0.3) is 11.1 Å². The maximum Gasteiger partial charge on any atom is 0.303 e. The van der Waals surface area contributed by atoms with Gasteiger partial charge in [-0.15, -0.1) is 0 Å². The van der Waals surface area contributed by atoms with E-state index in [2.05, 4.69) is 5.32 Å². The van der Waals surface area contributed by atoms with Crippen LogP contribution in [0.5, 0.6) is 23.0 Å². The maximum atomic E-state index is 14.1. The Kier molecular flexibility index (Phi) is 11.6. The van der Waals surface area contributed by atoms with E-state index in [1.54, 1.807) is 0 Å². The molecule has 0 bridgehead atoms. The van der Waals surface area contributed by atoms with Crippen molar-refractivity contribution in [1.29, 1.82) is 0 Å². The summed E-state index contributed by atoms with van der Waals surface area (Å²) in [6.45, 7) is 2.23. The number of aliphatic hydroxyl groups excluding tert-OH is 6. The van der Waals surface area contributed by atoms with Gasteiger partial charge in [-0.25, -0.2) is 0 Å². The summed E-state index contributed by atoms with van der Waals surface area (Å²) in [5.74, 6) is -6.10. The fourth-order valence-corrected chi connectivity index (χ4v) is 8.08. The summed E-state index contributed by atoms with van der Waals surface area (Å²) in [5, 5.41) is 112. The third-order valence-corrected chi connectivity index (χ3v) is 11.2. The zero-order valence-corrected chi connectivity index (χ0v) is 32.1. The van der Waals surface area contributed by atoms with Gasteiger partial charge in [-0.1, -0.05) is 6.07 Å². The zero-order chi connectivity index (χ0) is 43.6. The SMILES string of the molecule is COc1cc(O)c2c(c1)C(=O)c1c(cc3c(c1O)-c1c(cc(C)c(C(=O)NCCCC(=O)O)c1O)[C@H](O[C@@H]1O[C@H](C)[C@H](O)[C@H](O[C@@H]4OC[C@@H](O)[C@H](O)[C@H]4O)[C@H]1O)[C@H]3O)C2=O. The number of hydrogen-bond donors (Lipinski definition) is 11. The number of ketones is 2. The number of amides is 1. The van der Waals surface area contributed by atoms with Crippen LogP contribution in [-0.4, -0.2) is 150 Å². The van der Waals surface area contributed by atoms with Crippen molar-refractivity contribution >= 4 is 23.4 Å². The molecule has 0 saturated carbocycles. The predicted molar refractivity (Wildman–Crippen MR) is 198 cm³/mol. The number of methoxy groups -OCH3 is 1. The summed E-state index contributed by atoms with van der Waals surface area (Å²) >= 11 is 0. The van der Waals surface area contributed by atoms with E-state index in [-0.39, 0.29) is 64.1 Å². The molecule has 0 aromatic heterocycles. The number of aromatic hydroxyl groups is 3. The van der Waals surface area contributed by atoms with Crippen LogP contribution >= 0.6 is 0 Å². The van der Waals surface area contributed by atoms with Gasteiger partial charge in [0.2, 0.25) is 0 Å². The van der Waals surface area contributed by atoms with Gasteiger partial charge in [-0.2, -0.15) is 0 Å². The minimum absolute atomic E-state index is 0.0154. The van der Waals surface area contributed by atoms with E-state index >= 15 is 0 Å². The normalized spacial score (nSPS) is 29.5. The number of rotatable bonds is 10. The van der Waals surface area contributed by atoms with E-state index in [1.807, 2.05) is 0 Å². The van der Waals surface area contributed by atoms with Crippen molar-refractivity contribution in [2.45, 2.75) is 94.2 Å². The Balaban J connectivity index is 1.34. The summed E-state index contributed by atoms with van der Waals surface area (Å²) in [5.41, 5.74) is -3.17. The van der Waals surface area contributed by atoms with Crippen molar-refractivity contribution in [2.75, 3.05) is 20.3 Å². The van der Waals surface area contributed by atoms with Crippen molar-refractivity contribution in [3.8, 4) is 34.1 Å². The van der Waals surface area contributed by atoms with Gasteiger partial charge < -0.3 is 80.1 Å². The number of aryl methyl sites for hydroxylation is 1. The van der Waals surface area contributed by atoms with Gasteiger partial charge in [-0.3, -0.25) is 19.2 Å². The number of fused-ring (bicyclic) bond motifs is 5. The lowest BCUT2D eigenvalue weighted by molar-refractivity contribution is -0.353. The number of carboxylic acids is 1. The molecule has 3 aromatic rings. The molecular weight excluding hydrogens is 798 g/mol. The summed E-state index contributed by atoms with van der Waals surface area (Å²) in [6, 6.07) is 4.68.